The van der Waals surface area contributed by atoms with E-state index in [2.05, 4.69) is 0 Å². The van der Waals surface area contributed by atoms with Gasteiger partial charge in [0.05, 0.1) is 16.5 Å². The van der Waals surface area contributed by atoms with Gasteiger partial charge in [-0.1, -0.05) is 26.0 Å². The average molecular weight is 380 g/mol. The molecular formula is C19H24O8. The van der Waals surface area contributed by atoms with Gasteiger partial charge in [-0.3, -0.25) is 9.59 Å². The number of hydrogen-bond acceptors (Lipinski definition) is 7. The van der Waals surface area contributed by atoms with Crippen LogP contribution in [0.4, 0.5) is 0 Å². The number of aromatic carboxylic acids is 1. The minimum atomic E-state index is -1.24. The number of esters is 3. The van der Waals surface area contributed by atoms with Gasteiger partial charge in [0.2, 0.25) is 0 Å². The van der Waals surface area contributed by atoms with E-state index < -0.39 is 29.3 Å². The number of carboxylic acids is 1. The number of hydrogen-bond donors (Lipinski definition) is 1. The molecule has 0 aliphatic heterocycles. The molecule has 1 aromatic rings. The van der Waals surface area contributed by atoms with Crippen molar-refractivity contribution in [3.8, 4) is 0 Å². The van der Waals surface area contributed by atoms with Crippen molar-refractivity contribution in [2.45, 2.75) is 33.6 Å². The van der Waals surface area contributed by atoms with Crippen molar-refractivity contribution in [1.82, 2.24) is 0 Å². The fourth-order valence-corrected chi connectivity index (χ4v) is 2.02. The highest BCUT2D eigenvalue weighted by molar-refractivity contribution is 6.02. The molecule has 0 spiro atoms. The van der Waals surface area contributed by atoms with Gasteiger partial charge in [0.1, 0.15) is 19.8 Å². The standard InChI is InChI=1S/C19H24O8/c1-4-15(20)27-12-19(3,5-2)18(24)26-11-10-25-17(23)14-9-7-6-8-13(14)16(21)22/h6-9H,4-5,10-12H2,1-3H3,(H,21,22). The lowest BCUT2D eigenvalue weighted by Gasteiger charge is -2.25. The molecule has 148 valence electrons. The summed E-state index contributed by atoms with van der Waals surface area (Å²) < 4.78 is 15.1. The molecule has 8 nitrogen and oxygen atoms in total. The van der Waals surface area contributed by atoms with E-state index in [-0.39, 0.29) is 37.4 Å². The first kappa shape index (κ1) is 22.1. The smallest absolute Gasteiger partial charge is 0.339 e. The Morgan fingerprint density at radius 2 is 1.56 bits per heavy atom. The normalized spacial score (nSPS) is 12.6. The molecule has 0 bridgehead atoms. The highest BCUT2D eigenvalue weighted by atomic mass is 16.6. The zero-order valence-electron chi connectivity index (χ0n) is 15.6. The van der Waals surface area contributed by atoms with Crippen molar-refractivity contribution in [2.75, 3.05) is 19.8 Å². The van der Waals surface area contributed by atoms with E-state index in [1.54, 1.807) is 20.8 Å². The van der Waals surface area contributed by atoms with Crippen LogP contribution in [-0.4, -0.2) is 48.8 Å². The van der Waals surface area contributed by atoms with Gasteiger partial charge < -0.3 is 19.3 Å². The lowest BCUT2D eigenvalue weighted by atomic mass is 9.89. The molecule has 1 aromatic carbocycles. The Balaban J connectivity index is 2.53. The van der Waals surface area contributed by atoms with Crippen LogP contribution in [0.25, 0.3) is 0 Å². The second-order valence-corrected chi connectivity index (χ2v) is 6.05. The first-order valence-electron chi connectivity index (χ1n) is 8.57. The molecule has 0 aliphatic carbocycles. The van der Waals surface area contributed by atoms with E-state index in [4.69, 9.17) is 19.3 Å². The summed E-state index contributed by atoms with van der Waals surface area (Å²) in [5, 5.41) is 9.07. The zero-order chi connectivity index (χ0) is 20.4. The fourth-order valence-electron chi connectivity index (χ4n) is 2.02. The van der Waals surface area contributed by atoms with E-state index in [0.29, 0.717) is 6.42 Å². The lowest BCUT2D eigenvalue weighted by molar-refractivity contribution is -0.163. The summed E-state index contributed by atoms with van der Waals surface area (Å²) in [5.41, 5.74) is -1.25. The molecule has 8 heteroatoms. The first-order valence-corrected chi connectivity index (χ1v) is 8.57. The molecule has 0 fully saturated rings. The summed E-state index contributed by atoms with van der Waals surface area (Å²) in [6, 6.07) is 5.66. The number of ether oxygens (including phenoxy) is 3. The maximum Gasteiger partial charge on any atom is 0.339 e. The monoisotopic (exact) mass is 380 g/mol. The van der Waals surface area contributed by atoms with Crippen molar-refractivity contribution >= 4 is 23.9 Å². The average Bonchev–Trinajstić information content (AvgIpc) is 2.68. The topological polar surface area (TPSA) is 116 Å². The maximum absolute atomic E-state index is 12.2. The minimum absolute atomic E-state index is 0.0822. The van der Waals surface area contributed by atoms with E-state index in [0.717, 1.165) is 0 Å². The Bertz CT molecular complexity index is 697. The van der Waals surface area contributed by atoms with Crippen molar-refractivity contribution in [1.29, 1.82) is 0 Å². The van der Waals surface area contributed by atoms with Crippen LogP contribution in [0, 0.1) is 5.41 Å². The van der Waals surface area contributed by atoms with Gasteiger partial charge in [0, 0.05) is 6.42 Å². The van der Waals surface area contributed by atoms with Gasteiger partial charge in [-0.05, 0) is 25.5 Å². The third kappa shape index (κ3) is 6.40. The predicted molar refractivity (Wildman–Crippen MR) is 94.3 cm³/mol. The zero-order valence-corrected chi connectivity index (χ0v) is 15.6. The molecule has 0 saturated carbocycles. The van der Waals surface area contributed by atoms with E-state index in [9.17, 15) is 19.2 Å². The van der Waals surface area contributed by atoms with Crippen molar-refractivity contribution in [3.63, 3.8) is 0 Å². The highest BCUT2D eigenvalue weighted by Crippen LogP contribution is 2.23. The summed E-state index contributed by atoms with van der Waals surface area (Å²) in [6.07, 6.45) is 0.608. The Kier molecular flexibility index (Phi) is 8.44. The molecule has 1 N–H and O–H groups in total. The second kappa shape index (κ2) is 10.3. The van der Waals surface area contributed by atoms with Crippen molar-refractivity contribution in [2.24, 2.45) is 5.41 Å². The van der Waals surface area contributed by atoms with Crippen LogP contribution in [0.3, 0.4) is 0 Å². The van der Waals surface area contributed by atoms with Crippen LogP contribution in [-0.2, 0) is 23.8 Å². The van der Waals surface area contributed by atoms with E-state index >= 15 is 0 Å². The molecule has 0 saturated heterocycles. The minimum Gasteiger partial charge on any atom is -0.478 e. The van der Waals surface area contributed by atoms with Crippen LogP contribution in [0.2, 0.25) is 0 Å². The third-order valence-corrected chi connectivity index (χ3v) is 4.04. The molecular weight excluding hydrogens is 356 g/mol. The summed E-state index contributed by atoms with van der Waals surface area (Å²) in [4.78, 5) is 46.6. The Morgan fingerprint density at radius 3 is 2.11 bits per heavy atom. The lowest BCUT2D eigenvalue weighted by Crippen LogP contribution is -2.35. The van der Waals surface area contributed by atoms with Crippen LogP contribution >= 0.6 is 0 Å². The van der Waals surface area contributed by atoms with Crippen molar-refractivity contribution < 1.29 is 38.5 Å². The third-order valence-electron chi connectivity index (χ3n) is 4.04. The number of carboxylic acid groups (broad SMARTS) is 1. The number of rotatable bonds is 10. The molecule has 1 atom stereocenters. The van der Waals surface area contributed by atoms with Gasteiger partial charge >= 0.3 is 23.9 Å². The highest BCUT2D eigenvalue weighted by Gasteiger charge is 2.34. The molecule has 0 heterocycles. The Morgan fingerprint density at radius 1 is 0.963 bits per heavy atom. The molecule has 0 aromatic heterocycles. The van der Waals surface area contributed by atoms with Crippen LogP contribution in [0.1, 0.15) is 54.3 Å². The van der Waals surface area contributed by atoms with Gasteiger partial charge in [0.15, 0.2) is 0 Å². The number of carbonyl (C=O) groups excluding carboxylic acids is 3. The number of benzene rings is 1. The van der Waals surface area contributed by atoms with Gasteiger partial charge in [-0.25, -0.2) is 9.59 Å². The van der Waals surface area contributed by atoms with Crippen LogP contribution in [0.15, 0.2) is 24.3 Å². The molecule has 0 amide bonds. The molecule has 0 radical (unpaired) electrons. The largest absolute Gasteiger partial charge is 0.478 e. The quantitative estimate of drug-likeness (QED) is 0.374. The predicted octanol–water partition coefficient (Wildman–Crippen LogP) is 2.45. The van der Waals surface area contributed by atoms with Gasteiger partial charge in [-0.15, -0.1) is 0 Å². The fraction of sp³-hybridized carbons (Fsp3) is 0.474. The SMILES string of the molecule is CCC(=O)OCC(C)(CC)C(=O)OCCOC(=O)c1ccccc1C(=O)O. The number of carbonyl (C=O) groups is 4. The Hall–Kier alpha value is -2.90. The van der Waals surface area contributed by atoms with Gasteiger partial charge in [-0.2, -0.15) is 0 Å². The Labute approximate surface area is 157 Å². The van der Waals surface area contributed by atoms with Crippen molar-refractivity contribution in [3.05, 3.63) is 35.4 Å². The van der Waals surface area contributed by atoms with Crippen LogP contribution < -0.4 is 0 Å². The summed E-state index contributed by atoms with van der Waals surface area (Å²) in [7, 11) is 0. The second-order valence-electron chi connectivity index (χ2n) is 6.05. The van der Waals surface area contributed by atoms with Gasteiger partial charge in [0.25, 0.3) is 0 Å². The molecule has 0 aliphatic rings. The summed E-state index contributed by atoms with van der Waals surface area (Å²) >= 11 is 0. The van der Waals surface area contributed by atoms with Crippen LogP contribution in [0.5, 0.6) is 0 Å². The van der Waals surface area contributed by atoms with E-state index in [1.807, 2.05) is 0 Å². The van der Waals surface area contributed by atoms with E-state index in [1.165, 1.54) is 24.3 Å². The summed E-state index contributed by atoms with van der Waals surface area (Å²) in [5.74, 6) is -3.04. The maximum atomic E-state index is 12.2. The first-order chi connectivity index (χ1) is 12.7. The molecule has 27 heavy (non-hydrogen) atoms. The molecule has 1 unspecified atom stereocenters. The molecule has 1 rings (SSSR count). The summed E-state index contributed by atoms with van der Waals surface area (Å²) in [6.45, 7) is 4.52.